The molecule has 1 unspecified atom stereocenters. The fourth-order valence-corrected chi connectivity index (χ4v) is 2.16. The van der Waals surface area contributed by atoms with Crippen molar-refractivity contribution in [1.29, 1.82) is 0 Å². The van der Waals surface area contributed by atoms with Gasteiger partial charge < -0.3 is 15.0 Å². The summed E-state index contributed by atoms with van der Waals surface area (Å²) in [5.74, 6) is 0.263. The number of ether oxygens (including phenoxy) is 1. The number of nitro groups is 1. The van der Waals surface area contributed by atoms with Crippen molar-refractivity contribution in [3.05, 3.63) is 57.9 Å². The Morgan fingerprint density at radius 2 is 2.20 bits per heavy atom. The first-order valence-electron chi connectivity index (χ1n) is 6.25. The number of nitrogens with zero attached hydrogens (tertiary/aromatic N) is 2. The molecule has 0 saturated carbocycles. The van der Waals surface area contributed by atoms with Crippen molar-refractivity contribution in [3.63, 3.8) is 0 Å². The monoisotopic (exact) mass is 275 g/mol. The molecule has 0 aliphatic carbocycles. The molecule has 2 N–H and O–H groups in total. The molecule has 0 amide bonds. The van der Waals surface area contributed by atoms with Gasteiger partial charge in [-0.15, -0.1) is 0 Å². The number of benzene rings is 1. The highest BCUT2D eigenvalue weighted by Gasteiger charge is 2.15. The third-order valence-corrected chi connectivity index (χ3v) is 3.12. The summed E-state index contributed by atoms with van der Waals surface area (Å²) < 4.78 is 6.97. The van der Waals surface area contributed by atoms with Gasteiger partial charge in [0.05, 0.1) is 12.0 Å². The number of nitro benzene ring substituents is 1. The van der Waals surface area contributed by atoms with Gasteiger partial charge in [-0.3, -0.25) is 10.1 Å². The van der Waals surface area contributed by atoms with Crippen molar-refractivity contribution in [2.75, 3.05) is 7.11 Å². The van der Waals surface area contributed by atoms with Crippen molar-refractivity contribution in [2.24, 2.45) is 5.73 Å². The van der Waals surface area contributed by atoms with Crippen LogP contribution in [0.5, 0.6) is 5.75 Å². The van der Waals surface area contributed by atoms with Gasteiger partial charge in [-0.1, -0.05) is 6.07 Å². The molecule has 0 fully saturated rings. The molecule has 0 aliphatic rings. The van der Waals surface area contributed by atoms with Crippen LogP contribution in [0.2, 0.25) is 0 Å². The Morgan fingerprint density at radius 1 is 1.45 bits per heavy atom. The molecule has 1 aromatic carbocycles. The van der Waals surface area contributed by atoms with Crippen LogP contribution < -0.4 is 10.5 Å². The van der Waals surface area contributed by atoms with E-state index in [2.05, 4.69) is 0 Å². The van der Waals surface area contributed by atoms with Crippen molar-refractivity contribution < 1.29 is 9.66 Å². The van der Waals surface area contributed by atoms with Crippen LogP contribution in [-0.4, -0.2) is 16.6 Å². The van der Waals surface area contributed by atoms with Gasteiger partial charge in [0.15, 0.2) is 5.75 Å². The summed E-state index contributed by atoms with van der Waals surface area (Å²) in [6.07, 6.45) is 1.91. The van der Waals surface area contributed by atoms with Gasteiger partial charge in [0, 0.05) is 30.5 Å². The molecule has 0 radical (unpaired) electrons. The van der Waals surface area contributed by atoms with E-state index in [1.807, 2.05) is 35.9 Å². The summed E-state index contributed by atoms with van der Waals surface area (Å²) in [4.78, 5) is 10.6. The van der Waals surface area contributed by atoms with Crippen LogP contribution in [0.15, 0.2) is 36.5 Å². The second-order valence-corrected chi connectivity index (χ2v) is 4.61. The number of hydrogen-bond donors (Lipinski definition) is 1. The van der Waals surface area contributed by atoms with E-state index in [9.17, 15) is 10.1 Å². The lowest BCUT2D eigenvalue weighted by Crippen LogP contribution is -2.12. The molecular weight excluding hydrogens is 258 g/mol. The highest BCUT2D eigenvalue weighted by molar-refractivity contribution is 5.48. The molecule has 2 rings (SSSR count). The Kier molecular flexibility index (Phi) is 4.05. The van der Waals surface area contributed by atoms with Crippen LogP contribution in [0.1, 0.15) is 24.2 Å². The van der Waals surface area contributed by atoms with Crippen molar-refractivity contribution in [3.8, 4) is 5.75 Å². The Balaban J connectivity index is 2.32. The number of hydrogen-bond acceptors (Lipinski definition) is 4. The van der Waals surface area contributed by atoms with E-state index in [1.54, 1.807) is 6.07 Å². The van der Waals surface area contributed by atoms with Crippen LogP contribution in [0.25, 0.3) is 0 Å². The summed E-state index contributed by atoms with van der Waals surface area (Å²) in [6.45, 7) is 2.44. The summed E-state index contributed by atoms with van der Waals surface area (Å²) in [5, 5.41) is 11.0. The standard InChI is InChI=1S/C14H17N3O3/c1-10(15)12-4-3-7-16(12)9-11-5-6-14(20-2)13(8-11)17(18)19/h3-8,10H,9,15H2,1-2H3. The Hall–Kier alpha value is -2.34. The van der Waals surface area contributed by atoms with Gasteiger partial charge in [-0.2, -0.15) is 0 Å². The smallest absolute Gasteiger partial charge is 0.311 e. The predicted molar refractivity (Wildman–Crippen MR) is 75.8 cm³/mol. The van der Waals surface area contributed by atoms with E-state index >= 15 is 0 Å². The largest absolute Gasteiger partial charge is 0.490 e. The lowest BCUT2D eigenvalue weighted by atomic mass is 10.1. The highest BCUT2D eigenvalue weighted by atomic mass is 16.6. The Morgan fingerprint density at radius 3 is 2.80 bits per heavy atom. The summed E-state index contributed by atoms with van der Waals surface area (Å²) in [6, 6.07) is 8.74. The molecule has 1 heterocycles. The number of methoxy groups -OCH3 is 1. The quantitative estimate of drug-likeness (QED) is 0.671. The van der Waals surface area contributed by atoms with Crippen molar-refractivity contribution >= 4 is 5.69 Å². The summed E-state index contributed by atoms with van der Waals surface area (Å²) in [5.41, 5.74) is 7.68. The maximum Gasteiger partial charge on any atom is 0.311 e. The van der Waals surface area contributed by atoms with Crippen LogP contribution in [0, 0.1) is 10.1 Å². The van der Waals surface area contributed by atoms with Gasteiger partial charge in [0.1, 0.15) is 0 Å². The molecule has 0 aliphatic heterocycles. The molecule has 6 heteroatoms. The van der Waals surface area contributed by atoms with Crippen LogP contribution >= 0.6 is 0 Å². The molecule has 1 atom stereocenters. The first-order valence-corrected chi connectivity index (χ1v) is 6.25. The highest BCUT2D eigenvalue weighted by Crippen LogP contribution is 2.28. The molecule has 20 heavy (non-hydrogen) atoms. The van der Waals surface area contributed by atoms with Crippen molar-refractivity contribution in [1.82, 2.24) is 4.57 Å². The second-order valence-electron chi connectivity index (χ2n) is 4.61. The van der Waals surface area contributed by atoms with Gasteiger partial charge >= 0.3 is 5.69 Å². The van der Waals surface area contributed by atoms with Crippen LogP contribution in [0.4, 0.5) is 5.69 Å². The number of nitrogens with two attached hydrogens (primary N) is 1. The minimum atomic E-state index is -0.440. The SMILES string of the molecule is COc1ccc(Cn2cccc2C(C)N)cc1[N+](=O)[O-]. The van der Waals surface area contributed by atoms with Gasteiger partial charge in [0.2, 0.25) is 0 Å². The topological polar surface area (TPSA) is 83.3 Å². The molecule has 1 aromatic heterocycles. The zero-order chi connectivity index (χ0) is 14.7. The van der Waals surface area contributed by atoms with Crippen LogP contribution in [0.3, 0.4) is 0 Å². The zero-order valence-corrected chi connectivity index (χ0v) is 11.4. The average molecular weight is 275 g/mol. The zero-order valence-electron chi connectivity index (χ0n) is 11.4. The van der Waals surface area contributed by atoms with Crippen LogP contribution in [-0.2, 0) is 6.54 Å². The normalized spacial score (nSPS) is 12.2. The average Bonchev–Trinajstić information content (AvgIpc) is 2.87. The lowest BCUT2D eigenvalue weighted by Gasteiger charge is -2.12. The summed E-state index contributed by atoms with van der Waals surface area (Å²) >= 11 is 0. The Bertz CT molecular complexity index is 620. The molecule has 0 saturated heterocycles. The maximum absolute atomic E-state index is 11.0. The molecule has 6 nitrogen and oxygen atoms in total. The predicted octanol–water partition coefficient (Wildman–Crippen LogP) is 2.47. The van der Waals surface area contributed by atoms with Gasteiger partial charge in [-0.05, 0) is 30.7 Å². The number of aromatic nitrogens is 1. The molecule has 0 spiro atoms. The second kappa shape index (κ2) is 5.75. The van der Waals surface area contributed by atoms with Crippen molar-refractivity contribution in [2.45, 2.75) is 19.5 Å². The first-order chi connectivity index (χ1) is 9.52. The summed E-state index contributed by atoms with van der Waals surface area (Å²) in [7, 11) is 1.42. The minimum Gasteiger partial charge on any atom is -0.490 e. The van der Waals surface area contributed by atoms with Gasteiger partial charge in [0.25, 0.3) is 0 Å². The third-order valence-electron chi connectivity index (χ3n) is 3.12. The lowest BCUT2D eigenvalue weighted by molar-refractivity contribution is -0.385. The molecule has 106 valence electrons. The fourth-order valence-electron chi connectivity index (χ4n) is 2.16. The number of rotatable bonds is 5. The van der Waals surface area contributed by atoms with E-state index in [4.69, 9.17) is 10.5 Å². The first kappa shape index (κ1) is 14.1. The fraction of sp³-hybridized carbons (Fsp3) is 0.286. The molecule has 0 bridgehead atoms. The van der Waals surface area contributed by atoms with E-state index in [-0.39, 0.29) is 17.5 Å². The third kappa shape index (κ3) is 2.80. The molecule has 2 aromatic rings. The van der Waals surface area contributed by atoms with E-state index in [0.717, 1.165) is 11.3 Å². The van der Waals surface area contributed by atoms with E-state index < -0.39 is 4.92 Å². The molecular formula is C14H17N3O3. The van der Waals surface area contributed by atoms with E-state index in [0.29, 0.717) is 6.54 Å². The van der Waals surface area contributed by atoms with E-state index in [1.165, 1.54) is 13.2 Å². The van der Waals surface area contributed by atoms with Gasteiger partial charge in [-0.25, -0.2) is 0 Å². The Labute approximate surface area is 116 Å². The maximum atomic E-state index is 11.0. The minimum absolute atomic E-state index is 0.0282.